The molecule has 1 aliphatic rings. The van der Waals surface area contributed by atoms with E-state index in [-0.39, 0.29) is 18.3 Å². The van der Waals surface area contributed by atoms with Crippen molar-refractivity contribution in [2.75, 3.05) is 11.9 Å². The minimum absolute atomic E-state index is 0. The lowest BCUT2D eigenvalue weighted by Gasteiger charge is -2.08. The number of nitrogens with zero attached hydrogens (tertiary/aromatic N) is 2. The van der Waals surface area contributed by atoms with Crippen LogP contribution in [0.3, 0.4) is 0 Å². The van der Waals surface area contributed by atoms with E-state index >= 15 is 0 Å². The zero-order valence-electron chi connectivity index (χ0n) is 10.4. The number of rotatable bonds is 5. The standard InChI is InChI=1S/C11H18N4OS.ClH/c1-2-10-14-15-11(17-10)13-9(16)6-5-8-4-3-7-12-8;/h8,12H,2-7H2,1H3,(H,13,15,16);1H. The Labute approximate surface area is 117 Å². The van der Waals surface area contributed by atoms with Crippen LogP contribution in [0.1, 0.15) is 37.6 Å². The number of carbonyl (C=O) groups excluding carboxylic acids is 1. The number of hydrogen-bond acceptors (Lipinski definition) is 5. The summed E-state index contributed by atoms with van der Waals surface area (Å²) in [7, 11) is 0. The van der Waals surface area contributed by atoms with Gasteiger partial charge >= 0.3 is 0 Å². The van der Waals surface area contributed by atoms with Crippen molar-refractivity contribution in [2.45, 2.75) is 45.1 Å². The molecule has 0 aliphatic carbocycles. The number of hydrogen-bond donors (Lipinski definition) is 2. The average molecular weight is 291 g/mol. The zero-order valence-corrected chi connectivity index (χ0v) is 12.1. The maximum atomic E-state index is 11.7. The number of halogens is 1. The highest BCUT2D eigenvalue weighted by Crippen LogP contribution is 2.16. The van der Waals surface area contributed by atoms with Crippen molar-refractivity contribution in [2.24, 2.45) is 0 Å². The van der Waals surface area contributed by atoms with Gasteiger partial charge in [-0.1, -0.05) is 18.3 Å². The molecule has 1 unspecified atom stereocenters. The Hall–Kier alpha value is -0.720. The number of carbonyl (C=O) groups is 1. The van der Waals surface area contributed by atoms with Gasteiger partial charge in [-0.25, -0.2) is 0 Å². The van der Waals surface area contributed by atoms with E-state index in [4.69, 9.17) is 0 Å². The molecule has 1 aromatic rings. The molecule has 102 valence electrons. The summed E-state index contributed by atoms with van der Waals surface area (Å²) in [6.45, 7) is 3.11. The van der Waals surface area contributed by atoms with Crippen LogP contribution in [0.4, 0.5) is 5.13 Å². The SMILES string of the molecule is CCc1nnc(NC(=O)CCC2CCCN2)s1.Cl. The Morgan fingerprint density at radius 3 is 3.00 bits per heavy atom. The molecular weight excluding hydrogens is 272 g/mol. The summed E-state index contributed by atoms with van der Waals surface area (Å²) in [5.74, 6) is 0.0394. The highest BCUT2D eigenvalue weighted by Gasteiger charge is 2.15. The van der Waals surface area contributed by atoms with Gasteiger partial charge < -0.3 is 10.6 Å². The molecule has 0 spiro atoms. The van der Waals surface area contributed by atoms with Crippen LogP contribution in [-0.4, -0.2) is 28.7 Å². The maximum Gasteiger partial charge on any atom is 0.226 e. The van der Waals surface area contributed by atoms with E-state index in [1.54, 1.807) is 0 Å². The van der Waals surface area contributed by atoms with E-state index in [1.165, 1.54) is 24.2 Å². The number of aromatic nitrogens is 2. The van der Waals surface area contributed by atoms with Crippen LogP contribution in [0.15, 0.2) is 0 Å². The fourth-order valence-corrected chi connectivity index (χ4v) is 2.63. The van der Waals surface area contributed by atoms with Gasteiger partial charge in [0.05, 0.1) is 0 Å². The van der Waals surface area contributed by atoms with Gasteiger partial charge in [-0.15, -0.1) is 22.6 Å². The number of aryl methyl sites for hydroxylation is 1. The molecule has 1 amide bonds. The molecule has 2 heterocycles. The fraction of sp³-hybridized carbons (Fsp3) is 0.727. The quantitative estimate of drug-likeness (QED) is 0.870. The number of amides is 1. The second-order valence-corrected chi connectivity index (χ2v) is 5.30. The molecule has 0 aromatic carbocycles. The molecule has 1 atom stereocenters. The van der Waals surface area contributed by atoms with Gasteiger partial charge in [-0.3, -0.25) is 4.79 Å². The predicted octanol–water partition coefficient (Wildman–Crippen LogP) is 1.99. The highest BCUT2D eigenvalue weighted by atomic mass is 35.5. The van der Waals surface area contributed by atoms with Crippen LogP contribution in [0.25, 0.3) is 0 Å². The summed E-state index contributed by atoms with van der Waals surface area (Å²) in [4.78, 5) is 11.7. The molecule has 1 saturated heterocycles. The van der Waals surface area contributed by atoms with Crippen LogP contribution < -0.4 is 10.6 Å². The summed E-state index contributed by atoms with van der Waals surface area (Å²) in [6.07, 6.45) is 4.73. The summed E-state index contributed by atoms with van der Waals surface area (Å²) in [5, 5.41) is 15.7. The Bertz CT molecular complexity index is 379. The third kappa shape index (κ3) is 4.51. The van der Waals surface area contributed by atoms with Gasteiger partial charge in [0, 0.05) is 12.5 Å². The Kier molecular flexibility index (Phi) is 6.52. The van der Waals surface area contributed by atoms with Gasteiger partial charge in [-0.2, -0.15) is 0 Å². The third-order valence-electron chi connectivity index (χ3n) is 2.90. The molecular formula is C11H19ClN4OS. The van der Waals surface area contributed by atoms with Crippen LogP contribution in [0.5, 0.6) is 0 Å². The maximum absolute atomic E-state index is 11.7. The minimum atomic E-state index is 0. The molecule has 1 fully saturated rings. The predicted molar refractivity (Wildman–Crippen MR) is 75.4 cm³/mol. The van der Waals surface area contributed by atoms with Gasteiger partial charge in [0.25, 0.3) is 0 Å². The van der Waals surface area contributed by atoms with Crippen molar-refractivity contribution < 1.29 is 4.79 Å². The second-order valence-electron chi connectivity index (χ2n) is 4.23. The van der Waals surface area contributed by atoms with Crippen molar-refractivity contribution in [3.63, 3.8) is 0 Å². The summed E-state index contributed by atoms with van der Waals surface area (Å²) >= 11 is 1.45. The largest absolute Gasteiger partial charge is 0.314 e. The first-order valence-electron chi connectivity index (χ1n) is 6.13. The van der Waals surface area contributed by atoms with Crippen molar-refractivity contribution in [3.8, 4) is 0 Å². The van der Waals surface area contributed by atoms with E-state index in [1.807, 2.05) is 6.92 Å². The molecule has 1 aromatic heterocycles. The summed E-state index contributed by atoms with van der Waals surface area (Å²) in [5.41, 5.74) is 0. The summed E-state index contributed by atoms with van der Waals surface area (Å²) < 4.78 is 0. The normalized spacial score (nSPS) is 18.4. The lowest BCUT2D eigenvalue weighted by atomic mass is 10.1. The Morgan fingerprint density at radius 1 is 1.56 bits per heavy atom. The Balaban J connectivity index is 0.00000162. The van der Waals surface area contributed by atoms with E-state index in [0.717, 1.165) is 24.4 Å². The minimum Gasteiger partial charge on any atom is -0.314 e. The Morgan fingerprint density at radius 2 is 2.39 bits per heavy atom. The van der Waals surface area contributed by atoms with Crippen molar-refractivity contribution in [3.05, 3.63) is 5.01 Å². The van der Waals surface area contributed by atoms with Crippen LogP contribution in [-0.2, 0) is 11.2 Å². The van der Waals surface area contributed by atoms with Gasteiger partial charge in [0.15, 0.2) is 0 Å². The zero-order chi connectivity index (χ0) is 12.1. The third-order valence-corrected chi connectivity index (χ3v) is 3.88. The molecule has 1 aliphatic heterocycles. The van der Waals surface area contributed by atoms with E-state index in [9.17, 15) is 4.79 Å². The molecule has 5 nitrogen and oxygen atoms in total. The summed E-state index contributed by atoms with van der Waals surface area (Å²) in [6, 6.07) is 0.515. The second kappa shape index (κ2) is 7.66. The first-order valence-corrected chi connectivity index (χ1v) is 6.95. The van der Waals surface area contributed by atoms with E-state index in [2.05, 4.69) is 20.8 Å². The van der Waals surface area contributed by atoms with E-state index in [0.29, 0.717) is 17.6 Å². The fourth-order valence-electron chi connectivity index (χ4n) is 1.94. The lowest BCUT2D eigenvalue weighted by molar-refractivity contribution is -0.116. The highest BCUT2D eigenvalue weighted by molar-refractivity contribution is 7.15. The number of nitrogens with one attached hydrogen (secondary N) is 2. The molecule has 7 heteroatoms. The van der Waals surface area contributed by atoms with Crippen molar-refractivity contribution in [1.82, 2.24) is 15.5 Å². The van der Waals surface area contributed by atoms with Crippen LogP contribution in [0.2, 0.25) is 0 Å². The van der Waals surface area contributed by atoms with Gasteiger partial charge in [0.2, 0.25) is 11.0 Å². The molecule has 0 radical (unpaired) electrons. The molecule has 0 bridgehead atoms. The van der Waals surface area contributed by atoms with Crippen molar-refractivity contribution in [1.29, 1.82) is 0 Å². The van der Waals surface area contributed by atoms with Gasteiger partial charge in [0.1, 0.15) is 5.01 Å². The van der Waals surface area contributed by atoms with E-state index < -0.39 is 0 Å². The molecule has 2 N–H and O–H groups in total. The average Bonchev–Trinajstić information content (AvgIpc) is 2.97. The van der Waals surface area contributed by atoms with Crippen LogP contribution >= 0.6 is 23.7 Å². The molecule has 18 heavy (non-hydrogen) atoms. The first-order chi connectivity index (χ1) is 8.28. The lowest BCUT2D eigenvalue weighted by Crippen LogP contribution is -2.23. The van der Waals surface area contributed by atoms with Crippen molar-refractivity contribution >= 4 is 34.8 Å². The first kappa shape index (κ1) is 15.3. The number of anilines is 1. The molecule has 0 saturated carbocycles. The smallest absolute Gasteiger partial charge is 0.226 e. The van der Waals surface area contributed by atoms with Gasteiger partial charge in [-0.05, 0) is 32.2 Å². The molecule has 2 rings (SSSR count). The topological polar surface area (TPSA) is 66.9 Å². The monoisotopic (exact) mass is 290 g/mol. The van der Waals surface area contributed by atoms with Crippen LogP contribution in [0, 0.1) is 0 Å².